The zero-order valence-corrected chi connectivity index (χ0v) is 11.7. The highest BCUT2D eigenvalue weighted by atomic mass is 16.7. The third kappa shape index (κ3) is 3.23. The Labute approximate surface area is 119 Å². The van der Waals surface area contributed by atoms with E-state index < -0.39 is 6.10 Å². The van der Waals surface area contributed by atoms with Crippen molar-refractivity contribution in [1.82, 2.24) is 10.2 Å². The fraction of sp³-hybridized carbons (Fsp3) is 0.600. The molecule has 0 amide bonds. The highest BCUT2D eigenvalue weighted by Crippen LogP contribution is 2.33. The van der Waals surface area contributed by atoms with Crippen molar-refractivity contribution in [3.8, 4) is 11.5 Å². The predicted octanol–water partition coefficient (Wildman–Crippen LogP) is 1.13. The van der Waals surface area contributed by atoms with Gasteiger partial charge in [-0.25, -0.2) is 0 Å². The number of fused-ring (bicyclic) bond motifs is 1. The summed E-state index contributed by atoms with van der Waals surface area (Å²) in [6.45, 7) is 5.24. The maximum absolute atomic E-state index is 10.2. The smallest absolute Gasteiger partial charge is 0.231 e. The molecule has 2 aliphatic heterocycles. The third-order valence-electron chi connectivity index (χ3n) is 3.92. The number of hydrogen-bond acceptors (Lipinski definition) is 5. The van der Waals surface area contributed by atoms with E-state index >= 15 is 0 Å². The molecule has 1 aromatic rings. The van der Waals surface area contributed by atoms with Crippen LogP contribution in [0.5, 0.6) is 11.5 Å². The standard InChI is InChI=1S/C15H22N2O3/c18-13(10-16-5-8-17-6-1-2-7-17)12-3-4-14-15(9-12)20-11-19-14/h3-4,9,13,16,18H,1-2,5-8,10-11H2. The first-order valence-electron chi connectivity index (χ1n) is 7.33. The second-order valence-electron chi connectivity index (χ2n) is 5.38. The SMILES string of the molecule is OC(CNCCN1CCCC1)c1ccc2c(c1)OCO2. The number of hydrogen-bond donors (Lipinski definition) is 2. The summed E-state index contributed by atoms with van der Waals surface area (Å²) in [5.74, 6) is 1.47. The second-order valence-corrected chi connectivity index (χ2v) is 5.38. The number of rotatable bonds is 6. The van der Waals surface area contributed by atoms with Gasteiger partial charge >= 0.3 is 0 Å². The van der Waals surface area contributed by atoms with Crippen molar-refractivity contribution >= 4 is 0 Å². The van der Waals surface area contributed by atoms with Crippen LogP contribution in [0, 0.1) is 0 Å². The van der Waals surface area contributed by atoms with E-state index in [9.17, 15) is 5.11 Å². The molecule has 1 saturated heterocycles. The molecule has 1 fully saturated rings. The van der Waals surface area contributed by atoms with Gasteiger partial charge in [-0.2, -0.15) is 0 Å². The average molecular weight is 278 g/mol. The minimum absolute atomic E-state index is 0.267. The van der Waals surface area contributed by atoms with E-state index in [-0.39, 0.29) is 6.79 Å². The first-order valence-corrected chi connectivity index (χ1v) is 7.33. The Balaban J connectivity index is 1.43. The molecule has 1 atom stereocenters. The largest absolute Gasteiger partial charge is 0.454 e. The number of nitrogens with one attached hydrogen (secondary N) is 1. The van der Waals surface area contributed by atoms with Gasteiger partial charge in [-0.1, -0.05) is 6.07 Å². The van der Waals surface area contributed by atoms with Crippen molar-refractivity contribution in [2.45, 2.75) is 18.9 Å². The van der Waals surface area contributed by atoms with Gasteiger partial charge in [0, 0.05) is 19.6 Å². The molecule has 0 bridgehead atoms. The van der Waals surface area contributed by atoms with Gasteiger partial charge in [0.15, 0.2) is 11.5 Å². The molecule has 0 radical (unpaired) electrons. The number of aliphatic hydroxyl groups excluding tert-OH is 1. The molecule has 1 aromatic carbocycles. The van der Waals surface area contributed by atoms with Crippen molar-refractivity contribution in [3.63, 3.8) is 0 Å². The monoisotopic (exact) mass is 278 g/mol. The molecule has 5 heteroatoms. The summed E-state index contributed by atoms with van der Waals surface area (Å²) in [4.78, 5) is 2.46. The highest BCUT2D eigenvalue weighted by molar-refractivity contribution is 5.45. The minimum atomic E-state index is -0.511. The van der Waals surface area contributed by atoms with Crippen LogP contribution in [-0.4, -0.2) is 49.5 Å². The van der Waals surface area contributed by atoms with Gasteiger partial charge < -0.3 is 24.8 Å². The lowest BCUT2D eigenvalue weighted by atomic mass is 10.1. The lowest BCUT2D eigenvalue weighted by Gasteiger charge is -2.16. The van der Waals surface area contributed by atoms with Crippen molar-refractivity contribution in [3.05, 3.63) is 23.8 Å². The van der Waals surface area contributed by atoms with E-state index in [4.69, 9.17) is 9.47 Å². The first kappa shape index (κ1) is 13.7. The molecular weight excluding hydrogens is 256 g/mol. The molecule has 2 aliphatic rings. The maximum Gasteiger partial charge on any atom is 0.231 e. The third-order valence-corrected chi connectivity index (χ3v) is 3.92. The lowest BCUT2D eigenvalue weighted by molar-refractivity contribution is 0.169. The number of likely N-dealkylation sites (tertiary alicyclic amines) is 1. The molecule has 5 nitrogen and oxygen atoms in total. The molecule has 0 spiro atoms. The maximum atomic E-state index is 10.2. The first-order chi connectivity index (χ1) is 9.83. The quantitative estimate of drug-likeness (QED) is 0.764. The minimum Gasteiger partial charge on any atom is -0.454 e. The fourth-order valence-corrected chi connectivity index (χ4v) is 2.72. The summed E-state index contributed by atoms with van der Waals surface area (Å²) < 4.78 is 10.6. The van der Waals surface area contributed by atoms with E-state index in [1.54, 1.807) is 0 Å². The van der Waals surface area contributed by atoms with Crippen LogP contribution in [0.4, 0.5) is 0 Å². The molecule has 1 unspecified atom stereocenters. The van der Waals surface area contributed by atoms with Crippen LogP contribution in [0.25, 0.3) is 0 Å². The molecule has 20 heavy (non-hydrogen) atoms. The van der Waals surface area contributed by atoms with Crippen LogP contribution in [-0.2, 0) is 0 Å². The molecule has 2 N–H and O–H groups in total. The van der Waals surface area contributed by atoms with Crippen LogP contribution < -0.4 is 14.8 Å². The van der Waals surface area contributed by atoms with Gasteiger partial charge in [0.05, 0.1) is 6.10 Å². The summed E-state index contributed by atoms with van der Waals surface area (Å²) >= 11 is 0. The van der Waals surface area contributed by atoms with Gasteiger partial charge in [-0.15, -0.1) is 0 Å². The lowest BCUT2D eigenvalue weighted by Crippen LogP contribution is -2.32. The number of nitrogens with zero attached hydrogens (tertiary/aromatic N) is 1. The topological polar surface area (TPSA) is 54.0 Å². The normalized spacial score (nSPS) is 19.4. The van der Waals surface area contributed by atoms with E-state index in [1.807, 2.05) is 18.2 Å². The van der Waals surface area contributed by atoms with E-state index in [0.717, 1.165) is 30.2 Å². The zero-order chi connectivity index (χ0) is 13.8. The highest BCUT2D eigenvalue weighted by Gasteiger charge is 2.16. The zero-order valence-electron chi connectivity index (χ0n) is 11.7. The molecular formula is C15H22N2O3. The number of aliphatic hydroxyl groups is 1. The van der Waals surface area contributed by atoms with E-state index in [2.05, 4.69) is 10.2 Å². The summed E-state index contributed by atoms with van der Waals surface area (Å²) in [6, 6.07) is 5.60. The molecule has 0 aromatic heterocycles. The van der Waals surface area contributed by atoms with Gasteiger partial charge in [-0.3, -0.25) is 0 Å². The summed E-state index contributed by atoms with van der Waals surface area (Å²) in [5.41, 5.74) is 0.864. The van der Waals surface area contributed by atoms with Crippen molar-refractivity contribution in [2.75, 3.05) is 39.5 Å². The molecule has 2 heterocycles. The Bertz CT molecular complexity index is 447. The Morgan fingerprint density at radius 2 is 2.00 bits per heavy atom. The van der Waals surface area contributed by atoms with Crippen molar-refractivity contribution < 1.29 is 14.6 Å². The van der Waals surface area contributed by atoms with Gasteiger partial charge in [-0.05, 0) is 43.6 Å². The van der Waals surface area contributed by atoms with Gasteiger partial charge in [0.25, 0.3) is 0 Å². The summed E-state index contributed by atoms with van der Waals surface area (Å²) in [6.07, 6.45) is 2.13. The molecule has 110 valence electrons. The number of ether oxygens (including phenoxy) is 2. The van der Waals surface area contributed by atoms with Crippen LogP contribution in [0.1, 0.15) is 24.5 Å². The molecule has 0 saturated carbocycles. The molecule has 3 rings (SSSR count). The summed E-state index contributed by atoms with van der Waals surface area (Å²) in [7, 11) is 0. The van der Waals surface area contributed by atoms with Gasteiger partial charge in [0.1, 0.15) is 0 Å². The van der Waals surface area contributed by atoms with Crippen molar-refractivity contribution in [2.24, 2.45) is 0 Å². The fourth-order valence-electron chi connectivity index (χ4n) is 2.72. The summed E-state index contributed by atoms with van der Waals surface area (Å²) in [5, 5.41) is 13.5. The van der Waals surface area contributed by atoms with Gasteiger partial charge in [0.2, 0.25) is 6.79 Å². The Hall–Kier alpha value is -1.30. The van der Waals surface area contributed by atoms with Crippen LogP contribution in [0.2, 0.25) is 0 Å². The van der Waals surface area contributed by atoms with E-state index in [1.165, 1.54) is 25.9 Å². The predicted molar refractivity (Wildman–Crippen MR) is 76.1 cm³/mol. The average Bonchev–Trinajstić information content (AvgIpc) is 3.13. The Morgan fingerprint density at radius 3 is 2.85 bits per heavy atom. The Kier molecular flexibility index (Phi) is 4.40. The van der Waals surface area contributed by atoms with Crippen LogP contribution >= 0.6 is 0 Å². The number of benzene rings is 1. The van der Waals surface area contributed by atoms with E-state index in [0.29, 0.717) is 6.54 Å². The molecule has 0 aliphatic carbocycles. The van der Waals surface area contributed by atoms with Crippen molar-refractivity contribution in [1.29, 1.82) is 0 Å². The van der Waals surface area contributed by atoms with Crippen LogP contribution in [0.15, 0.2) is 18.2 Å². The second kappa shape index (κ2) is 6.43. The Morgan fingerprint density at radius 1 is 1.20 bits per heavy atom. The van der Waals surface area contributed by atoms with Crippen LogP contribution in [0.3, 0.4) is 0 Å².